The summed E-state index contributed by atoms with van der Waals surface area (Å²) in [4.78, 5) is 0. The van der Waals surface area contributed by atoms with Crippen LogP contribution in [0.3, 0.4) is 0 Å². The van der Waals surface area contributed by atoms with E-state index in [1.165, 1.54) is 18.4 Å². The lowest BCUT2D eigenvalue weighted by Gasteiger charge is -2.09. The number of aryl methyl sites for hydroxylation is 2. The molecule has 2 N–H and O–H groups in total. The zero-order chi connectivity index (χ0) is 12.7. The third-order valence-corrected chi connectivity index (χ3v) is 4.00. The number of fused-ring (bicyclic) bond motifs is 1. The molecule has 0 amide bonds. The molecule has 3 nitrogen and oxygen atoms in total. The second-order valence-corrected chi connectivity index (χ2v) is 5.27. The normalized spacial score (nSPS) is 14.6. The van der Waals surface area contributed by atoms with Gasteiger partial charge in [-0.3, -0.25) is 0 Å². The molecule has 0 aliphatic heterocycles. The van der Waals surface area contributed by atoms with Crippen molar-refractivity contribution in [3.63, 3.8) is 0 Å². The lowest BCUT2D eigenvalue weighted by molar-refractivity contribution is 0.671. The third-order valence-electron chi connectivity index (χ3n) is 3.60. The van der Waals surface area contributed by atoms with Crippen molar-refractivity contribution in [2.24, 2.45) is 0 Å². The van der Waals surface area contributed by atoms with E-state index in [-0.39, 0.29) is 0 Å². The summed E-state index contributed by atoms with van der Waals surface area (Å²) >= 11 is 6.16. The maximum absolute atomic E-state index is 6.20. The summed E-state index contributed by atoms with van der Waals surface area (Å²) in [5.41, 5.74) is 10.6. The first-order valence-electron chi connectivity index (χ1n) is 6.29. The molecule has 1 aromatic heterocycles. The van der Waals surface area contributed by atoms with Crippen LogP contribution in [0.1, 0.15) is 29.7 Å². The number of halogens is 1. The van der Waals surface area contributed by atoms with E-state index in [2.05, 4.69) is 5.10 Å². The van der Waals surface area contributed by atoms with Gasteiger partial charge >= 0.3 is 0 Å². The molecule has 0 spiro atoms. The highest BCUT2D eigenvalue weighted by molar-refractivity contribution is 6.31. The number of benzene rings is 1. The Morgan fingerprint density at radius 3 is 2.78 bits per heavy atom. The van der Waals surface area contributed by atoms with Gasteiger partial charge in [0.1, 0.15) is 5.82 Å². The van der Waals surface area contributed by atoms with E-state index in [0.29, 0.717) is 0 Å². The third kappa shape index (κ3) is 1.79. The molecule has 4 heteroatoms. The Morgan fingerprint density at radius 1 is 1.28 bits per heavy atom. The number of nitrogens with two attached hydrogens (primary N) is 1. The molecule has 0 saturated heterocycles. The Balaban J connectivity index is 2.11. The van der Waals surface area contributed by atoms with Crippen LogP contribution in [0, 0.1) is 6.92 Å². The second kappa shape index (κ2) is 4.32. The van der Waals surface area contributed by atoms with Gasteiger partial charge in [-0.25, -0.2) is 4.68 Å². The van der Waals surface area contributed by atoms with E-state index in [1.54, 1.807) is 0 Å². The highest BCUT2D eigenvalue weighted by Gasteiger charge is 2.19. The van der Waals surface area contributed by atoms with Gasteiger partial charge in [-0.05, 0) is 50.3 Å². The number of anilines is 1. The zero-order valence-corrected chi connectivity index (χ0v) is 11.2. The van der Waals surface area contributed by atoms with Crippen molar-refractivity contribution in [2.45, 2.75) is 32.6 Å². The lowest BCUT2D eigenvalue weighted by Crippen LogP contribution is -2.03. The van der Waals surface area contributed by atoms with Crippen LogP contribution >= 0.6 is 11.6 Å². The predicted octanol–water partition coefficient (Wildman–Crippen LogP) is 3.30. The summed E-state index contributed by atoms with van der Waals surface area (Å²) in [6.07, 6.45) is 4.49. The quantitative estimate of drug-likeness (QED) is 0.856. The fraction of sp³-hybridized carbons (Fsp3) is 0.357. The first-order chi connectivity index (χ1) is 8.66. The monoisotopic (exact) mass is 261 g/mol. The smallest absolute Gasteiger partial charge is 0.130 e. The molecule has 1 aromatic carbocycles. The molecular formula is C14H16ClN3. The molecule has 0 saturated carbocycles. The van der Waals surface area contributed by atoms with Crippen LogP contribution in [-0.2, 0) is 12.8 Å². The lowest BCUT2D eigenvalue weighted by atomic mass is 9.98. The van der Waals surface area contributed by atoms with Crippen molar-refractivity contribution >= 4 is 17.4 Å². The van der Waals surface area contributed by atoms with Gasteiger partial charge in [-0.1, -0.05) is 17.7 Å². The van der Waals surface area contributed by atoms with Gasteiger partial charge in [0, 0.05) is 10.6 Å². The maximum atomic E-state index is 6.20. The van der Waals surface area contributed by atoms with E-state index in [9.17, 15) is 0 Å². The van der Waals surface area contributed by atoms with Crippen molar-refractivity contribution in [3.05, 3.63) is 40.0 Å². The van der Waals surface area contributed by atoms with Crippen LogP contribution in [0.15, 0.2) is 18.2 Å². The molecule has 94 valence electrons. The van der Waals surface area contributed by atoms with Crippen molar-refractivity contribution in [2.75, 3.05) is 5.73 Å². The Hall–Kier alpha value is -1.48. The highest BCUT2D eigenvalue weighted by atomic mass is 35.5. The van der Waals surface area contributed by atoms with E-state index in [0.717, 1.165) is 40.6 Å². The summed E-state index contributed by atoms with van der Waals surface area (Å²) < 4.78 is 1.82. The molecule has 1 aliphatic carbocycles. The maximum Gasteiger partial charge on any atom is 0.130 e. The molecule has 0 atom stereocenters. The Morgan fingerprint density at radius 2 is 2.06 bits per heavy atom. The average molecular weight is 262 g/mol. The van der Waals surface area contributed by atoms with Gasteiger partial charge in [0.15, 0.2) is 0 Å². The molecule has 3 rings (SSSR count). The van der Waals surface area contributed by atoms with Gasteiger partial charge in [0.2, 0.25) is 0 Å². The highest BCUT2D eigenvalue weighted by Crippen LogP contribution is 2.29. The van der Waals surface area contributed by atoms with Crippen LogP contribution in [0.25, 0.3) is 5.69 Å². The molecular weight excluding hydrogens is 246 g/mol. The average Bonchev–Trinajstić information content (AvgIpc) is 2.71. The van der Waals surface area contributed by atoms with E-state index in [1.807, 2.05) is 29.8 Å². The minimum absolute atomic E-state index is 0.750. The number of rotatable bonds is 1. The Labute approximate surface area is 112 Å². The Kier molecular flexibility index (Phi) is 2.78. The first kappa shape index (κ1) is 11.6. The molecule has 0 radical (unpaired) electrons. The van der Waals surface area contributed by atoms with Crippen LogP contribution in [0.2, 0.25) is 5.02 Å². The molecule has 2 aromatic rings. The predicted molar refractivity (Wildman–Crippen MR) is 74.4 cm³/mol. The largest absolute Gasteiger partial charge is 0.383 e. The second-order valence-electron chi connectivity index (χ2n) is 4.86. The van der Waals surface area contributed by atoms with Gasteiger partial charge in [0.05, 0.1) is 11.4 Å². The summed E-state index contributed by atoms with van der Waals surface area (Å²) in [7, 11) is 0. The van der Waals surface area contributed by atoms with Crippen molar-refractivity contribution in [1.29, 1.82) is 0 Å². The van der Waals surface area contributed by atoms with Gasteiger partial charge in [-0.15, -0.1) is 0 Å². The SMILES string of the molecule is Cc1ccc(-n2nc3c(c2N)CCCC3)cc1Cl. The first-order valence-corrected chi connectivity index (χ1v) is 6.67. The minimum Gasteiger partial charge on any atom is -0.383 e. The van der Waals surface area contributed by atoms with E-state index >= 15 is 0 Å². The number of nitrogens with zero attached hydrogens (tertiary/aromatic N) is 2. The van der Waals surface area contributed by atoms with Gasteiger partial charge in [0.25, 0.3) is 0 Å². The number of hydrogen-bond donors (Lipinski definition) is 1. The molecule has 18 heavy (non-hydrogen) atoms. The molecule has 1 aliphatic rings. The van der Waals surface area contributed by atoms with Gasteiger partial charge < -0.3 is 5.73 Å². The molecule has 0 unspecified atom stereocenters. The Bertz CT molecular complexity index is 601. The minimum atomic E-state index is 0.750. The van der Waals surface area contributed by atoms with Gasteiger partial charge in [-0.2, -0.15) is 5.10 Å². The van der Waals surface area contributed by atoms with Crippen molar-refractivity contribution in [3.8, 4) is 5.69 Å². The van der Waals surface area contributed by atoms with Crippen LogP contribution in [0.4, 0.5) is 5.82 Å². The molecule has 0 fully saturated rings. The summed E-state index contributed by atoms with van der Waals surface area (Å²) in [5.74, 6) is 0.768. The zero-order valence-electron chi connectivity index (χ0n) is 10.4. The fourth-order valence-electron chi connectivity index (χ4n) is 2.49. The number of aromatic nitrogens is 2. The summed E-state index contributed by atoms with van der Waals surface area (Å²) in [6, 6.07) is 5.93. The van der Waals surface area contributed by atoms with E-state index in [4.69, 9.17) is 17.3 Å². The topological polar surface area (TPSA) is 43.8 Å². The summed E-state index contributed by atoms with van der Waals surface area (Å²) in [5, 5.41) is 5.37. The fourth-order valence-corrected chi connectivity index (χ4v) is 2.66. The number of hydrogen-bond acceptors (Lipinski definition) is 2. The molecule has 1 heterocycles. The van der Waals surface area contributed by atoms with Crippen LogP contribution < -0.4 is 5.73 Å². The standard InChI is InChI=1S/C14H16ClN3/c1-9-6-7-10(8-12(9)15)18-14(16)11-4-2-3-5-13(11)17-18/h6-8H,2-5,16H2,1H3. The molecule has 0 bridgehead atoms. The van der Waals surface area contributed by atoms with E-state index < -0.39 is 0 Å². The number of nitrogen functional groups attached to an aromatic ring is 1. The van der Waals surface area contributed by atoms with Crippen LogP contribution in [0.5, 0.6) is 0 Å². The van der Waals surface area contributed by atoms with Crippen LogP contribution in [-0.4, -0.2) is 9.78 Å². The van der Waals surface area contributed by atoms with Crippen molar-refractivity contribution < 1.29 is 0 Å². The van der Waals surface area contributed by atoms with Crippen molar-refractivity contribution in [1.82, 2.24) is 9.78 Å². The summed E-state index contributed by atoms with van der Waals surface area (Å²) in [6.45, 7) is 1.99.